The fourth-order valence-electron chi connectivity index (χ4n) is 1.25. The fourth-order valence-corrected chi connectivity index (χ4v) is 2.20. The zero-order valence-electron chi connectivity index (χ0n) is 10.9. The SMILES string of the molecule is CC(CN)CC(=O)Nc1nc(C(C)(C)C)cs1. The molecule has 1 rings (SSSR count). The maximum atomic E-state index is 11.6. The summed E-state index contributed by atoms with van der Waals surface area (Å²) in [6.45, 7) is 8.79. The van der Waals surface area contributed by atoms with Gasteiger partial charge in [0.05, 0.1) is 5.69 Å². The van der Waals surface area contributed by atoms with Crippen molar-refractivity contribution in [2.24, 2.45) is 11.7 Å². The summed E-state index contributed by atoms with van der Waals surface area (Å²) in [5.74, 6) is 0.190. The predicted molar refractivity (Wildman–Crippen MR) is 72.3 cm³/mol. The van der Waals surface area contributed by atoms with Crippen LogP contribution in [-0.2, 0) is 10.2 Å². The zero-order chi connectivity index (χ0) is 13.1. The number of anilines is 1. The third kappa shape index (κ3) is 4.44. The Kier molecular flexibility index (Phi) is 4.65. The van der Waals surface area contributed by atoms with E-state index in [0.717, 1.165) is 5.69 Å². The number of aromatic nitrogens is 1. The van der Waals surface area contributed by atoms with Crippen molar-refractivity contribution in [3.8, 4) is 0 Å². The van der Waals surface area contributed by atoms with Gasteiger partial charge in [-0.2, -0.15) is 0 Å². The average molecular weight is 255 g/mol. The lowest BCUT2D eigenvalue weighted by molar-refractivity contribution is -0.116. The molecule has 17 heavy (non-hydrogen) atoms. The molecule has 1 heterocycles. The number of nitrogens with zero attached hydrogens (tertiary/aromatic N) is 1. The summed E-state index contributed by atoms with van der Waals surface area (Å²) in [5, 5.41) is 5.47. The predicted octanol–water partition coefficient (Wildman–Crippen LogP) is 2.36. The van der Waals surface area contributed by atoms with Crippen molar-refractivity contribution in [1.82, 2.24) is 4.98 Å². The van der Waals surface area contributed by atoms with Gasteiger partial charge in [-0.05, 0) is 12.5 Å². The van der Waals surface area contributed by atoms with Gasteiger partial charge in [-0.25, -0.2) is 4.98 Å². The number of nitrogens with one attached hydrogen (secondary N) is 1. The monoisotopic (exact) mass is 255 g/mol. The lowest BCUT2D eigenvalue weighted by atomic mass is 9.93. The van der Waals surface area contributed by atoms with E-state index in [9.17, 15) is 4.79 Å². The summed E-state index contributed by atoms with van der Waals surface area (Å²) in [6.07, 6.45) is 0.445. The molecule has 0 aromatic carbocycles. The number of thiazole rings is 1. The van der Waals surface area contributed by atoms with Gasteiger partial charge in [0.2, 0.25) is 5.91 Å². The number of nitrogens with two attached hydrogens (primary N) is 1. The number of carbonyl (C=O) groups is 1. The topological polar surface area (TPSA) is 68.0 Å². The molecule has 1 atom stereocenters. The molecule has 0 aliphatic heterocycles. The first-order chi connectivity index (χ1) is 7.82. The highest BCUT2D eigenvalue weighted by Gasteiger charge is 2.18. The van der Waals surface area contributed by atoms with Crippen LogP contribution in [0, 0.1) is 5.92 Å². The van der Waals surface area contributed by atoms with Gasteiger partial charge in [-0.3, -0.25) is 4.79 Å². The molecule has 0 aliphatic carbocycles. The number of rotatable bonds is 4. The molecule has 4 nitrogen and oxygen atoms in total. The molecular weight excluding hydrogens is 234 g/mol. The van der Waals surface area contributed by atoms with Crippen molar-refractivity contribution >= 4 is 22.4 Å². The van der Waals surface area contributed by atoms with Crippen LogP contribution < -0.4 is 11.1 Å². The molecular formula is C12H21N3OS. The summed E-state index contributed by atoms with van der Waals surface area (Å²) >= 11 is 1.47. The van der Waals surface area contributed by atoms with E-state index in [4.69, 9.17) is 5.73 Å². The summed E-state index contributed by atoms with van der Waals surface area (Å²) < 4.78 is 0. The van der Waals surface area contributed by atoms with Crippen molar-refractivity contribution < 1.29 is 4.79 Å². The van der Waals surface area contributed by atoms with Crippen LogP contribution in [0.2, 0.25) is 0 Å². The van der Waals surface area contributed by atoms with Crippen LogP contribution in [0.1, 0.15) is 39.8 Å². The maximum Gasteiger partial charge on any atom is 0.226 e. The van der Waals surface area contributed by atoms with Gasteiger partial charge < -0.3 is 11.1 Å². The van der Waals surface area contributed by atoms with E-state index < -0.39 is 0 Å². The van der Waals surface area contributed by atoms with E-state index in [1.54, 1.807) is 0 Å². The first-order valence-electron chi connectivity index (χ1n) is 5.79. The molecule has 0 saturated heterocycles. The van der Waals surface area contributed by atoms with E-state index in [0.29, 0.717) is 18.1 Å². The summed E-state index contributed by atoms with van der Waals surface area (Å²) in [5.41, 5.74) is 6.50. The van der Waals surface area contributed by atoms with Crippen molar-refractivity contribution in [3.63, 3.8) is 0 Å². The van der Waals surface area contributed by atoms with Crippen LogP contribution >= 0.6 is 11.3 Å². The van der Waals surface area contributed by atoms with Crippen LogP contribution in [0.3, 0.4) is 0 Å². The Bertz CT molecular complexity index is 381. The molecule has 0 bridgehead atoms. The minimum absolute atomic E-state index is 0.0160. The highest BCUT2D eigenvalue weighted by atomic mass is 32.1. The number of hydrogen-bond donors (Lipinski definition) is 2. The molecule has 96 valence electrons. The molecule has 1 unspecified atom stereocenters. The zero-order valence-corrected chi connectivity index (χ0v) is 11.7. The van der Waals surface area contributed by atoms with Gasteiger partial charge >= 0.3 is 0 Å². The first kappa shape index (κ1) is 14.1. The van der Waals surface area contributed by atoms with Crippen LogP contribution in [0.5, 0.6) is 0 Å². The molecule has 0 radical (unpaired) electrons. The van der Waals surface area contributed by atoms with Gasteiger partial charge in [-0.1, -0.05) is 27.7 Å². The van der Waals surface area contributed by atoms with Gasteiger partial charge in [0, 0.05) is 17.2 Å². The average Bonchev–Trinajstić information content (AvgIpc) is 2.65. The van der Waals surface area contributed by atoms with Crippen LogP contribution in [0.15, 0.2) is 5.38 Å². The molecule has 1 aromatic rings. The molecule has 1 amide bonds. The minimum Gasteiger partial charge on any atom is -0.330 e. The van der Waals surface area contributed by atoms with E-state index in [1.165, 1.54) is 11.3 Å². The Balaban J connectivity index is 2.58. The highest BCUT2D eigenvalue weighted by molar-refractivity contribution is 7.13. The molecule has 1 aromatic heterocycles. The third-order valence-electron chi connectivity index (χ3n) is 2.46. The van der Waals surface area contributed by atoms with Crippen LogP contribution in [-0.4, -0.2) is 17.4 Å². The second kappa shape index (κ2) is 5.60. The van der Waals surface area contributed by atoms with Crippen molar-refractivity contribution in [3.05, 3.63) is 11.1 Å². The van der Waals surface area contributed by atoms with Crippen molar-refractivity contribution in [2.75, 3.05) is 11.9 Å². The number of carbonyl (C=O) groups excluding carboxylic acids is 1. The molecule has 5 heteroatoms. The van der Waals surface area contributed by atoms with E-state index in [1.807, 2.05) is 12.3 Å². The van der Waals surface area contributed by atoms with E-state index >= 15 is 0 Å². The van der Waals surface area contributed by atoms with Crippen LogP contribution in [0.4, 0.5) is 5.13 Å². The number of hydrogen-bond acceptors (Lipinski definition) is 4. The Morgan fingerprint density at radius 2 is 2.24 bits per heavy atom. The molecule has 0 spiro atoms. The van der Waals surface area contributed by atoms with E-state index in [-0.39, 0.29) is 17.2 Å². The Morgan fingerprint density at radius 1 is 1.59 bits per heavy atom. The van der Waals surface area contributed by atoms with Gasteiger partial charge in [0.15, 0.2) is 5.13 Å². The van der Waals surface area contributed by atoms with Crippen LogP contribution in [0.25, 0.3) is 0 Å². The second-order valence-electron chi connectivity index (χ2n) is 5.38. The molecule has 0 saturated carbocycles. The quantitative estimate of drug-likeness (QED) is 0.868. The lowest BCUT2D eigenvalue weighted by Crippen LogP contribution is -2.20. The first-order valence-corrected chi connectivity index (χ1v) is 6.67. The van der Waals surface area contributed by atoms with Crippen molar-refractivity contribution in [1.29, 1.82) is 0 Å². The van der Waals surface area contributed by atoms with Crippen molar-refractivity contribution in [2.45, 2.75) is 39.5 Å². The Morgan fingerprint density at radius 3 is 2.71 bits per heavy atom. The van der Waals surface area contributed by atoms with E-state index in [2.05, 4.69) is 31.1 Å². The normalized spacial score (nSPS) is 13.5. The third-order valence-corrected chi connectivity index (χ3v) is 3.21. The summed E-state index contributed by atoms with van der Waals surface area (Å²) in [4.78, 5) is 16.1. The summed E-state index contributed by atoms with van der Waals surface area (Å²) in [7, 11) is 0. The van der Waals surface area contributed by atoms with Gasteiger partial charge in [0.1, 0.15) is 0 Å². The highest BCUT2D eigenvalue weighted by Crippen LogP contribution is 2.26. The summed E-state index contributed by atoms with van der Waals surface area (Å²) in [6, 6.07) is 0. The standard InChI is InChI=1S/C12H21N3OS/c1-8(6-13)5-10(16)15-11-14-9(7-17-11)12(2,3)4/h7-8H,5-6,13H2,1-4H3,(H,14,15,16). The minimum atomic E-state index is -0.0160. The molecule has 0 fully saturated rings. The Hall–Kier alpha value is -0.940. The lowest BCUT2D eigenvalue weighted by Gasteiger charge is -2.14. The second-order valence-corrected chi connectivity index (χ2v) is 6.24. The Labute approximate surface area is 107 Å². The number of amides is 1. The van der Waals surface area contributed by atoms with Gasteiger partial charge in [-0.15, -0.1) is 11.3 Å². The molecule has 3 N–H and O–H groups in total. The van der Waals surface area contributed by atoms with Gasteiger partial charge in [0.25, 0.3) is 0 Å². The fraction of sp³-hybridized carbons (Fsp3) is 0.667. The smallest absolute Gasteiger partial charge is 0.226 e. The molecule has 0 aliphatic rings. The largest absolute Gasteiger partial charge is 0.330 e. The maximum absolute atomic E-state index is 11.6.